The maximum atomic E-state index is 11.9. The third-order valence-electron chi connectivity index (χ3n) is 3.08. The van der Waals surface area contributed by atoms with Crippen LogP contribution in [0, 0.1) is 0 Å². The molecule has 0 unspecified atom stereocenters. The molecule has 0 aliphatic carbocycles. The molecule has 0 aliphatic rings. The largest absolute Gasteiger partial charge is 0.508 e. The van der Waals surface area contributed by atoms with Gasteiger partial charge in [0.05, 0.1) is 6.42 Å². The van der Waals surface area contributed by atoms with Crippen molar-refractivity contribution in [2.45, 2.75) is 13.3 Å². The number of phenols is 1. The average Bonchev–Trinajstić information content (AvgIpc) is 2.52. The minimum absolute atomic E-state index is 0.0294. The zero-order valence-corrected chi connectivity index (χ0v) is 12.8. The highest BCUT2D eigenvalue weighted by Crippen LogP contribution is 2.15. The lowest BCUT2D eigenvalue weighted by atomic mass is 10.1. The lowest BCUT2D eigenvalue weighted by Gasteiger charge is -2.08. The van der Waals surface area contributed by atoms with Gasteiger partial charge in [-0.25, -0.2) is 4.79 Å². The summed E-state index contributed by atoms with van der Waals surface area (Å²) < 4.78 is 0. The molecule has 23 heavy (non-hydrogen) atoms. The van der Waals surface area contributed by atoms with Crippen LogP contribution in [0.1, 0.15) is 12.5 Å². The lowest BCUT2D eigenvalue weighted by Crippen LogP contribution is -2.24. The number of anilines is 2. The fourth-order valence-electron chi connectivity index (χ4n) is 1.99. The van der Waals surface area contributed by atoms with Crippen LogP contribution in [0.25, 0.3) is 0 Å². The highest BCUT2D eigenvalue weighted by molar-refractivity contribution is 5.99. The van der Waals surface area contributed by atoms with E-state index < -0.39 is 0 Å². The summed E-state index contributed by atoms with van der Waals surface area (Å²) in [4.78, 5) is 23.4. The standard InChI is InChI=1S/C17H19N3O3/c1-2-18-16(22)11-12-3-5-13(6-4-12)19-17(23)20-14-7-9-15(21)10-8-14/h3-10,21H,2,11H2,1H3,(H,18,22)(H2,19,20,23). The molecule has 0 saturated heterocycles. The zero-order valence-electron chi connectivity index (χ0n) is 12.8. The summed E-state index contributed by atoms with van der Waals surface area (Å²) >= 11 is 0. The SMILES string of the molecule is CCNC(=O)Cc1ccc(NC(=O)Nc2ccc(O)cc2)cc1. The summed E-state index contributed by atoms with van der Waals surface area (Å²) in [5.74, 6) is 0.108. The first kappa shape index (κ1) is 16.4. The number of carbonyl (C=O) groups excluding carboxylic acids is 2. The number of phenolic OH excluding ortho intramolecular Hbond substituents is 1. The predicted octanol–water partition coefficient (Wildman–Crippen LogP) is 2.71. The Kier molecular flexibility index (Phi) is 5.57. The van der Waals surface area contributed by atoms with Crippen molar-refractivity contribution in [2.75, 3.05) is 17.2 Å². The Hall–Kier alpha value is -3.02. The van der Waals surface area contributed by atoms with E-state index >= 15 is 0 Å². The van der Waals surface area contributed by atoms with Crippen molar-refractivity contribution >= 4 is 23.3 Å². The van der Waals surface area contributed by atoms with Gasteiger partial charge in [0, 0.05) is 17.9 Å². The molecule has 0 bridgehead atoms. The predicted molar refractivity (Wildman–Crippen MR) is 89.6 cm³/mol. The number of benzene rings is 2. The molecular formula is C17H19N3O3. The number of likely N-dealkylation sites (N-methyl/N-ethyl adjacent to an activating group) is 1. The number of carbonyl (C=O) groups is 2. The van der Waals surface area contributed by atoms with E-state index in [-0.39, 0.29) is 17.7 Å². The fourth-order valence-corrected chi connectivity index (χ4v) is 1.99. The van der Waals surface area contributed by atoms with Gasteiger partial charge in [-0.1, -0.05) is 12.1 Å². The van der Waals surface area contributed by atoms with Crippen LogP contribution in [-0.2, 0) is 11.2 Å². The van der Waals surface area contributed by atoms with E-state index in [0.717, 1.165) is 5.56 Å². The Morgan fingerprint density at radius 3 is 1.96 bits per heavy atom. The Morgan fingerprint density at radius 2 is 1.43 bits per heavy atom. The number of hydrogen-bond donors (Lipinski definition) is 4. The van der Waals surface area contributed by atoms with E-state index in [1.165, 1.54) is 12.1 Å². The number of rotatable bonds is 5. The van der Waals surface area contributed by atoms with E-state index in [2.05, 4.69) is 16.0 Å². The van der Waals surface area contributed by atoms with Gasteiger partial charge in [-0.2, -0.15) is 0 Å². The van der Waals surface area contributed by atoms with Gasteiger partial charge >= 0.3 is 6.03 Å². The van der Waals surface area contributed by atoms with Crippen molar-refractivity contribution in [1.29, 1.82) is 0 Å². The molecule has 120 valence electrons. The van der Waals surface area contributed by atoms with Crippen LogP contribution in [-0.4, -0.2) is 23.6 Å². The minimum Gasteiger partial charge on any atom is -0.508 e. The molecule has 0 spiro atoms. The summed E-state index contributed by atoms with van der Waals surface area (Å²) in [7, 11) is 0. The Bertz CT molecular complexity index is 666. The topological polar surface area (TPSA) is 90.5 Å². The van der Waals surface area contributed by atoms with Crippen LogP contribution in [0.2, 0.25) is 0 Å². The normalized spacial score (nSPS) is 9.96. The second kappa shape index (κ2) is 7.84. The second-order valence-electron chi connectivity index (χ2n) is 4.95. The van der Waals surface area contributed by atoms with Crippen LogP contribution in [0.3, 0.4) is 0 Å². The third-order valence-corrected chi connectivity index (χ3v) is 3.08. The zero-order chi connectivity index (χ0) is 16.7. The minimum atomic E-state index is -0.382. The summed E-state index contributed by atoms with van der Waals surface area (Å²) in [5, 5.41) is 17.3. The summed E-state index contributed by atoms with van der Waals surface area (Å²) in [6.45, 7) is 2.48. The second-order valence-corrected chi connectivity index (χ2v) is 4.95. The molecule has 2 aromatic carbocycles. The van der Waals surface area contributed by atoms with Gasteiger partial charge < -0.3 is 21.1 Å². The molecule has 0 heterocycles. The highest BCUT2D eigenvalue weighted by atomic mass is 16.3. The summed E-state index contributed by atoms with van der Waals surface area (Å²) in [6, 6.07) is 12.9. The molecule has 0 atom stereocenters. The van der Waals surface area contributed by atoms with Crippen LogP contribution in [0.4, 0.5) is 16.2 Å². The Morgan fingerprint density at radius 1 is 0.913 bits per heavy atom. The molecule has 0 aliphatic heterocycles. The van der Waals surface area contributed by atoms with Crippen LogP contribution < -0.4 is 16.0 Å². The van der Waals surface area contributed by atoms with Crippen molar-refractivity contribution in [3.8, 4) is 5.75 Å². The maximum absolute atomic E-state index is 11.9. The Labute approximate surface area is 134 Å². The lowest BCUT2D eigenvalue weighted by molar-refractivity contribution is -0.120. The van der Waals surface area contributed by atoms with Crippen molar-refractivity contribution < 1.29 is 14.7 Å². The molecule has 6 heteroatoms. The van der Waals surface area contributed by atoms with E-state index in [1.54, 1.807) is 36.4 Å². The Balaban J connectivity index is 1.88. The van der Waals surface area contributed by atoms with E-state index in [9.17, 15) is 14.7 Å². The van der Waals surface area contributed by atoms with Gasteiger partial charge in [-0.15, -0.1) is 0 Å². The van der Waals surface area contributed by atoms with Gasteiger partial charge in [0.15, 0.2) is 0 Å². The monoisotopic (exact) mass is 313 g/mol. The van der Waals surface area contributed by atoms with Gasteiger partial charge in [0.2, 0.25) is 5.91 Å². The number of hydrogen-bond acceptors (Lipinski definition) is 3. The smallest absolute Gasteiger partial charge is 0.323 e. The molecule has 0 aromatic heterocycles. The summed E-state index contributed by atoms with van der Waals surface area (Å²) in [5.41, 5.74) is 2.08. The van der Waals surface area contributed by atoms with Gasteiger partial charge in [-0.05, 0) is 48.9 Å². The van der Waals surface area contributed by atoms with E-state index in [1.807, 2.05) is 6.92 Å². The first-order chi connectivity index (χ1) is 11.1. The van der Waals surface area contributed by atoms with Crippen molar-refractivity contribution in [3.05, 3.63) is 54.1 Å². The number of amides is 3. The van der Waals surface area contributed by atoms with Crippen molar-refractivity contribution in [1.82, 2.24) is 5.32 Å². The average molecular weight is 313 g/mol. The number of aromatic hydroxyl groups is 1. The molecule has 4 N–H and O–H groups in total. The molecule has 6 nitrogen and oxygen atoms in total. The summed E-state index contributed by atoms with van der Waals surface area (Å²) in [6.07, 6.45) is 0.313. The molecule has 0 saturated carbocycles. The highest BCUT2D eigenvalue weighted by Gasteiger charge is 2.05. The molecule has 3 amide bonds. The van der Waals surface area contributed by atoms with Crippen molar-refractivity contribution in [2.24, 2.45) is 0 Å². The van der Waals surface area contributed by atoms with Gasteiger partial charge in [0.25, 0.3) is 0 Å². The van der Waals surface area contributed by atoms with Crippen LogP contribution >= 0.6 is 0 Å². The van der Waals surface area contributed by atoms with E-state index in [0.29, 0.717) is 24.3 Å². The first-order valence-corrected chi connectivity index (χ1v) is 7.29. The third kappa shape index (κ3) is 5.35. The maximum Gasteiger partial charge on any atom is 0.323 e. The number of urea groups is 1. The van der Waals surface area contributed by atoms with Crippen LogP contribution in [0.15, 0.2) is 48.5 Å². The molecule has 2 aromatic rings. The molecule has 2 rings (SSSR count). The van der Waals surface area contributed by atoms with Gasteiger partial charge in [0.1, 0.15) is 5.75 Å². The fraction of sp³-hybridized carbons (Fsp3) is 0.176. The van der Waals surface area contributed by atoms with Crippen molar-refractivity contribution in [3.63, 3.8) is 0 Å². The molecule has 0 fully saturated rings. The van der Waals surface area contributed by atoms with Gasteiger partial charge in [-0.3, -0.25) is 4.79 Å². The molecule has 0 radical (unpaired) electrons. The quantitative estimate of drug-likeness (QED) is 0.640. The molecular weight excluding hydrogens is 294 g/mol. The first-order valence-electron chi connectivity index (χ1n) is 7.29. The number of nitrogens with one attached hydrogen (secondary N) is 3. The van der Waals surface area contributed by atoms with E-state index in [4.69, 9.17) is 0 Å². The van der Waals surface area contributed by atoms with Crippen LogP contribution in [0.5, 0.6) is 5.75 Å².